The molecule has 1 aromatic heterocycles. The average Bonchev–Trinajstić information content (AvgIpc) is 3.06. The van der Waals surface area contributed by atoms with Crippen molar-refractivity contribution < 1.29 is 23.4 Å². The Hall–Kier alpha value is -5.18. The molecule has 0 bridgehead atoms. The molecule has 0 aliphatic carbocycles. The highest BCUT2D eigenvalue weighted by Crippen LogP contribution is 2.38. The first-order chi connectivity index (χ1) is 22.3. The molecule has 2 N–H and O–H groups in total. The van der Waals surface area contributed by atoms with Gasteiger partial charge in [0.05, 0.1) is 19.2 Å². The van der Waals surface area contributed by atoms with Crippen LogP contribution in [0.2, 0.25) is 0 Å². The van der Waals surface area contributed by atoms with E-state index in [4.69, 9.17) is 14.2 Å². The molecule has 46 heavy (non-hydrogen) atoms. The lowest BCUT2D eigenvalue weighted by Crippen LogP contribution is -2.44. The van der Waals surface area contributed by atoms with Crippen LogP contribution in [0.15, 0.2) is 78.6 Å². The average molecular weight is 625 g/mol. The zero-order chi connectivity index (χ0) is 32.5. The highest BCUT2D eigenvalue weighted by atomic mass is 19.1. The second-order valence-corrected chi connectivity index (χ2v) is 11.1. The van der Waals surface area contributed by atoms with E-state index in [0.717, 1.165) is 44.7 Å². The first-order valence-electron chi connectivity index (χ1n) is 15.1. The van der Waals surface area contributed by atoms with Crippen molar-refractivity contribution in [1.29, 1.82) is 5.26 Å². The Morgan fingerprint density at radius 1 is 1.00 bits per heavy atom. The highest BCUT2D eigenvalue weighted by Gasteiger charge is 2.16. The Morgan fingerprint density at radius 3 is 2.48 bits per heavy atom. The van der Waals surface area contributed by atoms with Gasteiger partial charge < -0.3 is 34.6 Å². The summed E-state index contributed by atoms with van der Waals surface area (Å²) in [5.41, 5.74) is 2.38. The summed E-state index contributed by atoms with van der Waals surface area (Å²) < 4.78 is 32.8. The van der Waals surface area contributed by atoms with Gasteiger partial charge >= 0.3 is 0 Å². The smallest absolute Gasteiger partial charge is 0.267 e. The van der Waals surface area contributed by atoms with E-state index in [2.05, 4.69) is 32.5 Å². The van der Waals surface area contributed by atoms with Crippen molar-refractivity contribution in [3.05, 3.63) is 90.0 Å². The number of nitrogens with one attached hydrogen (secondary N) is 2. The number of amides is 1. The number of benzene rings is 3. The maximum absolute atomic E-state index is 15.2. The fourth-order valence-electron chi connectivity index (χ4n) is 4.96. The number of piperazine rings is 1. The topological polar surface area (TPSA) is 112 Å². The minimum atomic E-state index is -0.641. The van der Waals surface area contributed by atoms with E-state index in [1.54, 1.807) is 49.7 Å². The minimum absolute atomic E-state index is 0.0112. The summed E-state index contributed by atoms with van der Waals surface area (Å²) in [7, 11) is 3.71. The fraction of sp³-hybridized carbons (Fsp3) is 0.286. The van der Waals surface area contributed by atoms with Crippen molar-refractivity contribution in [3.63, 3.8) is 0 Å². The van der Waals surface area contributed by atoms with E-state index in [1.807, 2.05) is 25.1 Å². The van der Waals surface area contributed by atoms with Gasteiger partial charge in [-0.15, -0.1) is 0 Å². The Morgan fingerprint density at radius 2 is 1.76 bits per heavy atom. The molecular weight excluding hydrogens is 587 g/mol. The number of aryl methyl sites for hydroxylation is 1. The molecule has 10 nitrogen and oxygen atoms in total. The number of nitriles is 1. The number of halogens is 1. The summed E-state index contributed by atoms with van der Waals surface area (Å²) in [6.07, 6.45) is 3.71. The van der Waals surface area contributed by atoms with Gasteiger partial charge in [-0.1, -0.05) is 17.7 Å². The van der Waals surface area contributed by atoms with Crippen LogP contribution in [0.4, 0.5) is 15.8 Å². The second kappa shape index (κ2) is 15.2. The largest absolute Gasteiger partial charge is 0.493 e. The maximum Gasteiger partial charge on any atom is 0.267 e. The van der Waals surface area contributed by atoms with Crippen molar-refractivity contribution in [2.75, 3.05) is 64.1 Å². The molecule has 0 atom stereocenters. The van der Waals surface area contributed by atoms with Crippen LogP contribution in [-0.4, -0.2) is 74.2 Å². The third kappa shape index (κ3) is 8.29. The number of nitrogens with zero attached hydrogens (tertiary/aromatic N) is 4. The van der Waals surface area contributed by atoms with Gasteiger partial charge in [-0.25, -0.2) is 4.39 Å². The van der Waals surface area contributed by atoms with Crippen LogP contribution in [0.25, 0.3) is 10.9 Å². The summed E-state index contributed by atoms with van der Waals surface area (Å²) in [6.45, 7) is 7.74. The number of aromatic nitrogens is 1. The van der Waals surface area contributed by atoms with Gasteiger partial charge in [0, 0.05) is 74.0 Å². The lowest BCUT2D eigenvalue weighted by Gasteiger charge is -2.32. The number of carbonyl (C=O) groups excluding carboxylic acids is 1. The van der Waals surface area contributed by atoms with Gasteiger partial charge in [0.15, 0.2) is 23.1 Å². The first kappa shape index (κ1) is 32.2. The van der Waals surface area contributed by atoms with Crippen LogP contribution < -0.4 is 24.8 Å². The number of likely N-dealkylation sites (N-methyl/N-ethyl adjacent to an activating group) is 1. The summed E-state index contributed by atoms with van der Waals surface area (Å²) >= 11 is 0. The first-order valence-corrected chi connectivity index (χ1v) is 15.1. The minimum Gasteiger partial charge on any atom is -0.493 e. The number of hydrogen-bond donors (Lipinski definition) is 2. The molecule has 1 aliphatic heterocycles. The fourth-order valence-corrected chi connectivity index (χ4v) is 4.96. The van der Waals surface area contributed by atoms with E-state index in [1.165, 1.54) is 18.3 Å². The number of carbonyl (C=O) groups is 1. The Bertz CT molecular complexity index is 1750. The van der Waals surface area contributed by atoms with Crippen LogP contribution in [0.5, 0.6) is 23.0 Å². The van der Waals surface area contributed by atoms with E-state index in [0.29, 0.717) is 46.1 Å². The van der Waals surface area contributed by atoms with Crippen molar-refractivity contribution in [3.8, 4) is 29.1 Å². The van der Waals surface area contributed by atoms with Crippen LogP contribution in [-0.2, 0) is 4.79 Å². The zero-order valence-electron chi connectivity index (χ0n) is 26.2. The third-order valence-corrected chi connectivity index (χ3v) is 7.67. The van der Waals surface area contributed by atoms with Crippen LogP contribution in [0.3, 0.4) is 0 Å². The molecule has 1 fully saturated rings. The Labute approximate surface area is 268 Å². The highest BCUT2D eigenvalue weighted by molar-refractivity contribution is 6.06. The predicted molar refractivity (Wildman–Crippen MR) is 176 cm³/mol. The van der Waals surface area contributed by atoms with E-state index < -0.39 is 11.7 Å². The Balaban J connectivity index is 1.23. The normalized spacial score (nSPS) is 14.0. The van der Waals surface area contributed by atoms with Crippen LogP contribution in [0.1, 0.15) is 12.0 Å². The molecule has 1 aliphatic rings. The molecule has 238 valence electrons. The Kier molecular flexibility index (Phi) is 10.7. The van der Waals surface area contributed by atoms with Crippen molar-refractivity contribution in [1.82, 2.24) is 14.8 Å². The van der Waals surface area contributed by atoms with Crippen molar-refractivity contribution in [2.24, 2.45) is 0 Å². The summed E-state index contributed by atoms with van der Waals surface area (Å²) in [6, 6.07) is 18.5. The number of hydrogen-bond acceptors (Lipinski definition) is 9. The molecular formula is C35H37FN6O4. The van der Waals surface area contributed by atoms with E-state index >= 15 is 4.39 Å². The zero-order valence-corrected chi connectivity index (χ0v) is 26.2. The molecule has 4 aromatic rings. The quantitative estimate of drug-likeness (QED) is 0.112. The summed E-state index contributed by atoms with van der Waals surface area (Å²) in [5.74, 6) is 0.261. The molecule has 3 aromatic carbocycles. The molecule has 0 radical (unpaired) electrons. The van der Waals surface area contributed by atoms with Gasteiger partial charge in [-0.05, 0) is 56.8 Å². The van der Waals surface area contributed by atoms with Crippen molar-refractivity contribution in [2.45, 2.75) is 13.3 Å². The SMILES string of the molecule is COc1cc2c(Oc3ccc(N/C=C(\C#N)C(=O)Nc4ccc(C)cc4)cc3F)ccnc2cc1OCCCN1CCN(C)CC1. The lowest BCUT2D eigenvalue weighted by atomic mass is 10.1. The third-order valence-electron chi connectivity index (χ3n) is 7.67. The number of ether oxygens (including phenoxy) is 3. The molecule has 1 saturated heterocycles. The summed E-state index contributed by atoms with van der Waals surface area (Å²) in [4.78, 5) is 21.8. The molecule has 2 heterocycles. The lowest BCUT2D eigenvalue weighted by molar-refractivity contribution is -0.112. The van der Waals surface area contributed by atoms with Gasteiger partial charge in [0.1, 0.15) is 17.4 Å². The van der Waals surface area contributed by atoms with Gasteiger partial charge in [-0.2, -0.15) is 5.26 Å². The number of anilines is 2. The number of pyridine rings is 1. The monoisotopic (exact) mass is 624 g/mol. The number of rotatable bonds is 12. The molecule has 1 amide bonds. The summed E-state index contributed by atoms with van der Waals surface area (Å²) in [5, 5.41) is 15.6. The maximum atomic E-state index is 15.2. The standard InChI is InChI=1S/C35H37FN6O4/c1-24-5-7-26(8-6-24)40-35(43)25(22-37)23-39-27-9-10-32(29(36)19-27)46-31-11-12-38-30-21-34(33(44-3)20-28(30)31)45-18-4-13-42-16-14-41(2)15-17-42/h5-12,19-21,23,39H,4,13-18H2,1-3H3,(H,40,43)/b25-23+. The van der Waals surface area contributed by atoms with Gasteiger partial charge in [0.25, 0.3) is 5.91 Å². The number of methoxy groups -OCH3 is 1. The van der Waals surface area contributed by atoms with Gasteiger partial charge in [0.2, 0.25) is 0 Å². The molecule has 11 heteroatoms. The van der Waals surface area contributed by atoms with E-state index in [9.17, 15) is 10.1 Å². The number of fused-ring (bicyclic) bond motifs is 1. The molecule has 0 saturated carbocycles. The van der Waals surface area contributed by atoms with Crippen LogP contribution >= 0.6 is 0 Å². The van der Waals surface area contributed by atoms with Crippen molar-refractivity contribution >= 4 is 28.2 Å². The molecule has 5 rings (SSSR count). The van der Waals surface area contributed by atoms with Crippen LogP contribution in [0, 0.1) is 24.1 Å². The van der Waals surface area contributed by atoms with E-state index in [-0.39, 0.29) is 11.3 Å². The second-order valence-electron chi connectivity index (χ2n) is 11.1. The predicted octanol–water partition coefficient (Wildman–Crippen LogP) is 5.96. The van der Waals surface area contributed by atoms with Gasteiger partial charge in [-0.3, -0.25) is 9.78 Å². The molecule has 0 unspecified atom stereocenters. The molecule has 0 spiro atoms.